The smallest absolute Gasteiger partial charge is 0.374 e. The van der Waals surface area contributed by atoms with Gasteiger partial charge in [-0.2, -0.15) is 0 Å². The normalized spacial score (nSPS) is 11.4. The molecule has 0 aromatic heterocycles. The van der Waals surface area contributed by atoms with Crippen LogP contribution in [0.3, 0.4) is 0 Å². The van der Waals surface area contributed by atoms with Gasteiger partial charge in [0.1, 0.15) is 0 Å². The lowest BCUT2D eigenvalue weighted by molar-refractivity contribution is 0.133. The van der Waals surface area contributed by atoms with E-state index in [-0.39, 0.29) is 0 Å². The van der Waals surface area contributed by atoms with Gasteiger partial charge in [0.15, 0.2) is 0 Å². The summed E-state index contributed by atoms with van der Waals surface area (Å²) in [6.07, 6.45) is 0. The average molecular weight is 317 g/mol. The predicted molar refractivity (Wildman–Crippen MR) is 70.6 cm³/mol. The number of hydrogen-bond donors (Lipinski definition) is 0. The Hall–Kier alpha value is 0.294. The lowest BCUT2D eigenvalue weighted by Gasteiger charge is -2.09. The molecule has 108 valence electrons. The molecule has 0 heterocycles. The summed E-state index contributed by atoms with van der Waals surface area (Å²) in [6, 6.07) is 0. The molecule has 0 aromatic carbocycles. The first-order valence-electron chi connectivity index (χ1n) is 5.95. The molecule has 0 amide bonds. The summed E-state index contributed by atoms with van der Waals surface area (Å²) in [5, 5.41) is 0. The molecule has 0 spiro atoms. The highest BCUT2D eigenvalue weighted by atomic mass is 31.1. The Morgan fingerprint density at radius 2 is 1.00 bits per heavy atom. The first-order chi connectivity index (χ1) is 8.67. The predicted octanol–water partition coefficient (Wildman–Crippen LogP) is 1.26. The summed E-state index contributed by atoms with van der Waals surface area (Å²) in [5.41, 5.74) is 0. The van der Waals surface area contributed by atoms with Crippen molar-refractivity contribution in [2.24, 2.45) is 0 Å². The Labute approximate surface area is 113 Å². The second-order valence-corrected chi connectivity index (χ2v) is 7.45. The van der Waals surface area contributed by atoms with Gasteiger partial charge in [-0.05, 0) is 27.7 Å². The largest absolute Gasteiger partial charge is 0.684 e. The first kappa shape index (κ1) is 18.3. The minimum Gasteiger partial charge on any atom is -0.374 e. The highest BCUT2D eigenvalue weighted by Crippen LogP contribution is 2.27. The Morgan fingerprint density at radius 3 is 1.22 bits per heavy atom. The molecule has 0 aliphatic heterocycles. The minimum absolute atomic E-state index is 0.442. The van der Waals surface area contributed by atoms with E-state index >= 15 is 0 Å². The van der Waals surface area contributed by atoms with Crippen LogP contribution < -0.4 is 0 Å². The quantitative estimate of drug-likeness (QED) is 0.396. The fraction of sp³-hybridized carbons (Fsp3) is 1.00. The van der Waals surface area contributed by atoms with Crippen LogP contribution in [0.25, 0.3) is 0 Å². The SMILES string of the molecule is CCO[SiH](OCC)O[P+](=O)O[SiH](OCC)OCC. The molecule has 0 aliphatic carbocycles. The van der Waals surface area contributed by atoms with Crippen LogP contribution in [0.2, 0.25) is 0 Å². The molecule has 7 nitrogen and oxygen atoms in total. The van der Waals surface area contributed by atoms with Gasteiger partial charge in [-0.3, -0.25) is 0 Å². The van der Waals surface area contributed by atoms with Crippen LogP contribution in [0.1, 0.15) is 27.7 Å². The third-order valence-corrected chi connectivity index (χ3v) is 6.73. The van der Waals surface area contributed by atoms with Crippen molar-refractivity contribution < 1.29 is 30.7 Å². The van der Waals surface area contributed by atoms with Gasteiger partial charge < -0.3 is 17.7 Å². The molecule has 0 saturated carbocycles. The van der Waals surface area contributed by atoms with Crippen molar-refractivity contribution in [2.45, 2.75) is 27.7 Å². The standard InChI is InChI=1S/C8H22O7PSi2/c1-5-10-17(11-6-2)14-16(9)15-18(12-7-3)13-8-4/h17-18H,5-8H2,1-4H3/q+1. The zero-order chi connectivity index (χ0) is 13.8. The van der Waals surface area contributed by atoms with E-state index < -0.39 is 27.3 Å². The van der Waals surface area contributed by atoms with Crippen LogP contribution in [-0.4, -0.2) is 45.5 Å². The first-order valence-corrected chi connectivity index (χ1v) is 9.87. The molecule has 0 fully saturated rings. The van der Waals surface area contributed by atoms with Crippen molar-refractivity contribution in [3.63, 3.8) is 0 Å². The molecule has 0 aliphatic rings. The van der Waals surface area contributed by atoms with Gasteiger partial charge in [0.2, 0.25) is 0 Å². The van der Waals surface area contributed by atoms with Crippen LogP contribution in [-0.2, 0) is 30.7 Å². The van der Waals surface area contributed by atoms with E-state index in [2.05, 4.69) is 0 Å². The van der Waals surface area contributed by atoms with E-state index in [1.165, 1.54) is 0 Å². The molecule has 0 unspecified atom stereocenters. The Balaban J connectivity index is 4.09. The van der Waals surface area contributed by atoms with Gasteiger partial charge >= 0.3 is 27.3 Å². The zero-order valence-electron chi connectivity index (χ0n) is 11.3. The Morgan fingerprint density at radius 1 is 0.722 bits per heavy atom. The zero-order valence-corrected chi connectivity index (χ0v) is 14.5. The van der Waals surface area contributed by atoms with E-state index in [1.807, 2.05) is 27.7 Å². The van der Waals surface area contributed by atoms with Crippen LogP contribution in [0.5, 0.6) is 0 Å². The third-order valence-electron chi connectivity index (χ3n) is 1.56. The number of hydrogen-bond acceptors (Lipinski definition) is 7. The van der Waals surface area contributed by atoms with E-state index in [1.54, 1.807) is 0 Å². The molecule has 0 N–H and O–H groups in total. The molecule has 0 aromatic rings. The fourth-order valence-electron chi connectivity index (χ4n) is 0.928. The van der Waals surface area contributed by atoms with Gasteiger partial charge in [0.05, 0.1) is 0 Å². The lowest BCUT2D eigenvalue weighted by Crippen LogP contribution is -2.28. The molecule has 0 saturated heterocycles. The fourth-order valence-corrected chi connectivity index (χ4v) is 4.95. The van der Waals surface area contributed by atoms with Crippen molar-refractivity contribution in [2.75, 3.05) is 26.4 Å². The van der Waals surface area contributed by atoms with Crippen LogP contribution in [0.4, 0.5) is 0 Å². The third kappa shape index (κ3) is 9.25. The summed E-state index contributed by atoms with van der Waals surface area (Å²) >= 11 is 0. The summed E-state index contributed by atoms with van der Waals surface area (Å²) in [7, 11) is -7.11. The molecule has 0 bridgehead atoms. The highest BCUT2D eigenvalue weighted by Gasteiger charge is 2.37. The molecular formula is C8H22O7PSi2+. The summed E-state index contributed by atoms with van der Waals surface area (Å²) < 4.78 is 42.7. The van der Waals surface area contributed by atoms with E-state index in [0.717, 1.165) is 0 Å². The van der Waals surface area contributed by atoms with Gasteiger partial charge in [-0.1, -0.05) is 0 Å². The van der Waals surface area contributed by atoms with Crippen molar-refractivity contribution in [1.82, 2.24) is 0 Å². The van der Waals surface area contributed by atoms with Crippen LogP contribution in [0.15, 0.2) is 0 Å². The minimum atomic E-state index is -2.39. The molecule has 0 atom stereocenters. The molecule has 0 radical (unpaired) electrons. The second kappa shape index (κ2) is 12.3. The Kier molecular flexibility index (Phi) is 12.5. The highest BCUT2D eigenvalue weighted by molar-refractivity contribution is 7.36. The molecule has 18 heavy (non-hydrogen) atoms. The summed E-state index contributed by atoms with van der Waals surface area (Å²) in [6.45, 7) is 9.02. The molecular weight excluding hydrogens is 295 g/mol. The Bertz CT molecular complexity index is 190. The maximum atomic E-state index is 11.6. The van der Waals surface area contributed by atoms with E-state index in [9.17, 15) is 4.57 Å². The van der Waals surface area contributed by atoms with E-state index in [0.29, 0.717) is 26.4 Å². The molecule has 0 rings (SSSR count). The van der Waals surface area contributed by atoms with E-state index in [4.69, 9.17) is 26.1 Å². The summed E-state index contributed by atoms with van der Waals surface area (Å²) in [4.78, 5) is 0. The maximum Gasteiger partial charge on any atom is 0.684 e. The maximum absolute atomic E-state index is 11.6. The van der Waals surface area contributed by atoms with Crippen molar-refractivity contribution in [1.29, 1.82) is 0 Å². The van der Waals surface area contributed by atoms with Gasteiger partial charge in [-0.15, -0.1) is 8.43 Å². The topological polar surface area (TPSA) is 72.5 Å². The van der Waals surface area contributed by atoms with Crippen molar-refractivity contribution in [3.8, 4) is 0 Å². The van der Waals surface area contributed by atoms with Crippen molar-refractivity contribution in [3.05, 3.63) is 0 Å². The average Bonchev–Trinajstić information content (AvgIpc) is 2.30. The van der Waals surface area contributed by atoms with Gasteiger partial charge in [0.25, 0.3) is 0 Å². The summed E-state index contributed by atoms with van der Waals surface area (Å²) in [5.74, 6) is 0. The second-order valence-electron chi connectivity index (χ2n) is 2.83. The number of rotatable bonds is 12. The van der Waals surface area contributed by atoms with Gasteiger partial charge in [0, 0.05) is 31.0 Å². The van der Waals surface area contributed by atoms with Crippen molar-refractivity contribution >= 4 is 27.3 Å². The van der Waals surface area contributed by atoms with Crippen LogP contribution >= 0.6 is 8.25 Å². The monoisotopic (exact) mass is 317 g/mol. The molecule has 10 heteroatoms. The lowest BCUT2D eigenvalue weighted by atomic mass is 10.9. The van der Waals surface area contributed by atoms with Crippen LogP contribution in [0, 0.1) is 0 Å². The van der Waals surface area contributed by atoms with Gasteiger partial charge in [-0.25, -0.2) is 0 Å².